The number of sulfone groups is 1. The van der Waals surface area contributed by atoms with E-state index in [1.807, 2.05) is 0 Å². The number of pyridine rings is 1. The Kier molecular flexibility index (Phi) is 7.24. The number of hydrogen-bond donors (Lipinski definition) is 1. The van der Waals surface area contributed by atoms with E-state index in [1.165, 1.54) is 12.4 Å². The predicted molar refractivity (Wildman–Crippen MR) is 107 cm³/mol. The summed E-state index contributed by atoms with van der Waals surface area (Å²) in [7, 11) is -7.46. The van der Waals surface area contributed by atoms with E-state index >= 15 is 0 Å². The molecular weight excluding hydrogens is 532 g/mol. The number of nitrogens with zero attached hydrogens (tertiary/aromatic N) is 2. The van der Waals surface area contributed by atoms with Gasteiger partial charge in [0.05, 0.1) is 21.1 Å². The summed E-state index contributed by atoms with van der Waals surface area (Å²) < 4.78 is 117. The van der Waals surface area contributed by atoms with E-state index in [4.69, 9.17) is 4.42 Å². The second-order valence-corrected chi connectivity index (χ2v) is 10.4. The van der Waals surface area contributed by atoms with Crippen molar-refractivity contribution < 1.29 is 53.0 Å². The van der Waals surface area contributed by atoms with Crippen LogP contribution in [0.2, 0.25) is 0 Å². The third kappa shape index (κ3) is 6.15. The zero-order valence-electron chi connectivity index (χ0n) is 17.2. The highest BCUT2D eigenvalue weighted by molar-refractivity contribution is 7.91. The molecule has 0 fully saturated rings. The fourth-order valence-corrected chi connectivity index (χ4v) is 4.35. The van der Waals surface area contributed by atoms with Gasteiger partial charge in [-0.3, -0.25) is 9.63 Å². The van der Waals surface area contributed by atoms with Crippen LogP contribution < -0.4 is 5.48 Å². The van der Waals surface area contributed by atoms with Crippen molar-refractivity contribution in [2.75, 3.05) is 12.4 Å². The first-order valence-electron chi connectivity index (χ1n) is 9.23. The minimum Gasteiger partial charge on any atom is -0.435 e. The number of halogens is 6. The van der Waals surface area contributed by atoms with Gasteiger partial charge in [-0.2, -0.15) is 26.3 Å². The Bertz CT molecular complexity index is 1400. The number of fused-ring (bicyclic) bond motifs is 1. The summed E-state index contributed by atoms with van der Waals surface area (Å²) in [5, 5.41) is 0. The maximum Gasteiger partial charge on any atom is 0.475 e. The molecule has 0 bridgehead atoms. The molecule has 2 aromatic heterocycles. The Balaban J connectivity index is 2.02. The second kappa shape index (κ2) is 9.54. The third-order valence-electron chi connectivity index (χ3n) is 4.22. The minimum atomic E-state index is -5.02. The smallest absolute Gasteiger partial charge is 0.435 e. The van der Waals surface area contributed by atoms with Crippen molar-refractivity contribution in [3.8, 4) is 11.6 Å². The Hall–Kier alpha value is -3.05. The largest absolute Gasteiger partial charge is 0.475 e. The van der Waals surface area contributed by atoms with Gasteiger partial charge in [-0.1, -0.05) is 6.92 Å². The van der Waals surface area contributed by atoms with Crippen LogP contribution in [0.15, 0.2) is 44.7 Å². The Morgan fingerprint density at radius 1 is 1.17 bits per heavy atom. The van der Waals surface area contributed by atoms with Gasteiger partial charge >= 0.3 is 11.7 Å². The maximum atomic E-state index is 12.7. The normalized spacial score (nSPS) is 13.7. The number of aromatic nitrogens is 2. The number of hydroxylamine groups is 1. The second-order valence-electron chi connectivity index (χ2n) is 6.67. The molecule has 1 atom stereocenters. The number of carbonyl (C=O) groups excluding carboxylic acids is 1. The summed E-state index contributed by atoms with van der Waals surface area (Å²) in [4.78, 5) is 22.7. The lowest BCUT2D eigenvalue weighted by Gasteiger charge is -2.10. The Labute approximate surface area is 194 Å². The molecule has 1 aromatic carbocycles. The number of alkyl halides is 6. The first-order chi connectivity index (χ1) is 16.1. The molecule has 0 aliphatic rings. The van der Waals surface area contributed by atoms with Crippen molar-refractivity contribution in [3.05, 3.63) is 36.0 Å². The van der Waals surface area contributed by atoms with E-state index in [2.05, 4.69) is 14.8 Å². The lowest BCUT2D eigenvalue weighted by molar-refractivity contribution is -0.184. The molecule has 0 spiro atoms. The highest BCUT2D eigenvalue weighted by atomic mass is 32.2. The monoisotopic (exact) mass is 545 g/mol. The van der Waals surface area contributed by atoms with E-state index < -0.39 is 77.5 Å². The van der Waals surface area contributed by atoms with Gasteiger partial charge in [0.25, 0.3) is 5.91 Å². The quantitative estimate of drug-likeness (QED) is 0.353. The minimum absolute atomic E-state index is 0.0769. The number of carbonyl (C=O) groups is 1. The molecule has 0 aliphatic carbocycles. The van der Waals surface area contributed by atoms with Crippen LogP contribution in [0.3, 0.4) is 0 Å². The summed E-state index contributed by atoms with van der Waals surface area (Å²) >= 11 is 0. The topological polar surface area (TPSA) is 128 Å². The third-order valence-corrected chi connectivity index (χ3v) is 7.06. The molecule has 2 heterocycles. The zero-order chi connectivity index (χ0) is 26.2. The number of benzene rings is 1. The van der Waals surface area contributed by atoms with E-state index in [-0.39, 0.29) is 11.1 Å². The van der Waals surface area contributed by atoms with Gasteiger partial charge in [0.1, 0.15) is 11.2 Å². The van der Waals surface area contributed by atoms with Gasteiger partial charge in [0.2, 0.25) is 5.89 Å². The van der Waals surface area contributed by atoms with Gasteiger partial charge < -0.3 is 4.42 Å². The van der Waals surface area contributed by atoms with Crippen molar-refractivity contribution in [3.63, 3.8) is 0 Å². The maximum absolute atomic E-state index is 12.7. The summed E-state index contributed by atoms with van der Waals surface area (Å²) in [5.74, 6) is -2.15. The van der Waals surface area contributed by atoms with E-state index in [1.54, 1.807) is 0 Å². The highest BCUT2D eigenvalue weighted by Gasteiger charge is 2.38. The molecule has 17 heteroatoms. The molecule has 0 saturated heterocycles. The molecule has 0 aliphatic heterocycles. The first kappa shape index (κ1) is 26.6. The van der Waals surface area contributed by atoms with E-state index in [9.17, 15) is 43.8 Å². The summed E-state index contributed by atoms with van der Waals surface area (Å²) in [6.07, 6.45) is -3.92. The summed E-state index contributed by atoms with van der Waals surface area (Å²) in [6, 6.07) is 3.61. The molecule has 1 amide bonds. The molecule has 0 radical (unpaired) electrons. The lowest BCUT2D eigenvalue weighted by atomic mass is 10.2. The summed E-state index contributed by atoms with van der Waals surface area (Å²) in [6.45, 7) is -0.530. The van der Waals surface area contributed by atoms with E-state index in [0.717, 1.165) is 30.5 Å². The van der Waals surface area contributed by atoms with Gasteiger partial charge in [-0.15, -0.1) is 0 Å². The van der Waals surface area contributed by atoms with Crippen LogP contribution in [0.4, 0.5) is 26.3 Å². The zero-order valence-corrected chi connectivity index (χ0v) is 18.9. The van der Waals surface area contributed by atoms with Crippen LogP contribution in [0.1, 0.15) is 17.3 Å². The van der Waals surface area contributed by atoms with Gasteiger partial charge in [0, 0.05) is 6.20 Å². The first-order valence-corrected chi connectivity index (χ1v) is 12.0. The van der Waals surface area contributed by atoms with E-state index in [0.29, 0.717) is 0 Å². The average molecular weight is 545 g/mol. The fourth-order valence-electron chi connectivity index (χ4n) is 2.62. The van der Waals surface area contributed by atoms with Crippen LogP contribution in [0, 0.1) is 0 Å². The number of rotatable bonds is 7. The van der Waals surface area contributed by atoms with Gasteiger partial charge in [-0.05, 0) is 24.3 Å². The molecular formula is C18H13F6N3O6S2. The highest BCUT2D eigenvalue weighted by Crippen LogP contribution is 2.32. The number of amides is 1. The molecule has 3 aromatic rings. The van der Waals surface area contributed by atoms with Crippen molar-refractivity contribution >= 4 is 37.6 Å². The van der Waals surface area contributed by atoms with Crippen LogP contribution in [0.25, 0.3) is 22.7 Å². The van der Waals surface area contributed by atoms with Crippen LogP contribution in [-0.2, 0) is 25.5 Å². The summed E-state index contributed by atoms with van der Waals surface area (Å²) in [5.41, 5.74) is -4.65. The molecule has 1 unspecified atom stereocenters. The Morgan fingerprint density at radius 2 is 1.86 bits per heavy atom. The van der Waals surface area contributed by atoms with Gasteiger partial charge in [0.15, 0.2) is 32.8 Å². The SMILES string of the molecule is CCS(=O)(=O)c1cc(C(=O)NOCC(F)(F)F)cnc1-c1nc2cc(S(=O)C(F)(F)F)ccc2o1. The molecule has 35 heavy (non-hydrogen) atoms. The number of nitrogens with one attached hydrogen (secondary N) is 1. The average Bonchev–Trinajstić information content (AvgIpc) is 3.19. The van der Waals surface area contributed by atoms with Crippen LogP contribution >= 0.6 is 0 Å². The van der Waals surface area contributed by atoms with Crippen molar-refractivity contribution in [2.45, 2.75) is 28.4 Å². The molecule has 190 valence electrons. The van der Waals surface area contributed by atoms with Crippen molar-refractivity contribution in [1.29, 1.82) is 0 Å². The molecule has 1 N–H and O–H groups in total. The molecule has 3 rings (SSSR count). The van der Waals surface area contributed by atoms with Gasteiger partial charge in [-0.25, -0.2) is 28.1 Å². The lowest BCUT2D eigenvalue weighted by Crippen LogP contribution is -2.29. The number of hydrogen-bond acceptors (Lipinski definition) is 8. The van der Waals surface area contributed by atoms with Crippen LogP contribution in [0.5, 0.6) is 0 Å². The predicted octanol–water partition coefficient (Wildman–Crippen LogP) is 3.53. The molecule has 0 saturated carbocycles. The van der Waals surface area contributed by atoms with Crippen molar-refractivity contribution in [1.82, 2.24) is 15.4 Å². The van der Waals surface area contributed by atoms with Crippen molar-refractivity contribution in [2.24, 2.45) is 0 Å². The fraction of sp³-hybridized carbons (Fsp3) is 0.278. The van der Waals surface area contributed by atoms with Crippen LogP contribution in [-0.4, -0.2) is 52.5 Å². The Morgan fingerprint density at radius 3 is 2.46 bits per heavy atom. The standard InChI is InChI=1S/C18H13F6N3O6S2/c1-2-35(30,31)13-5-9(15(28)27-32-8-17(19,20)21)7-25-14(13)16-26-11-6-10(3-4-12(11)33-16)34(29)18(22,23)24/h3-7H,2,8H2,1H3,(H,27,28). The number of oxazole rings is 1. The molecule has 9 nitrogen and oxygen atoms in total.